The lowest BCUT2D eigenvalue weighted by molar-refractivity contribution is -0.253. The highest BCUT2D eigenvalue weighted by molar-refractivity contribution is 8.14. The van der Waals surface area contributed by atoms with Crippen molar-refractivity contribution < 1.29 is 31.9 Å². The van der Waals surface area contributed by atoms with Crippen LogP contribution in [0.1, 0.15) is 22.8 Å². The number of ether oxygens (including phenoxy) is 1. The second-order valence-corrected chi connectivity index (χ2v) is 8.68. The minimum absolute atomic E-state index is 0.0853. The van der Waals surface area contributed by atoms with Gasteiger partial charge in [0.1, 0.15) is 5.75 Å². The first-order valence-corrected chi connectivity index (χ1v) is 11.8. The van der Waals surface area contributed by atoms with Crippen LogP contribution in [0.5, 0.6) is 5.75 Å². The van der Waals surface area contributed by atoms with Gasteiger partial charge in [0.05, 0.1) is 11.9 Å². The number of hydrogen-bond donors (Lipinski definition) is 3. The van der Waals surface area contributed by atoms with Crippen molar-refractivity contribution in [2.45, 2.75) is 26.4 Å². The summed E-state index contributed by atoms with van der Waals surface area (Å²) in [4.78, 5) is 36.1. The van der Waals surface area contributed by atoms with E-state index in [0.29, 0.717) is 28.0 Å². The van der Waals surface area contributed by atoms with Crippen LogP contribution in [0.25, 0.3) is 0 Å². The number of carbonyl (C=O) groups is 2. The van der Waals surface area contributed by atoms with E-state index in [-0.39, 0.29) is 17.4 Å². The van der Waals surface area contributed by atoms with Crippen LogP contribution < -0.4 is 20.7 Å². The Hall–Kier alpha value is -4.20. The van der Waals surface area contributed by atoms with E-state index in [2.05, 4.69) is 42.4 Å². The molecular formula is C24H22F4N6O3S. The van der Waals surface area contributed by atoms with Gasteiger partial charge in [-0.1, -0.05) is 23.9 Å². The molecule has 0 unspecified atom stereocenters. The number of aliphatic imine (C=N–C) groups is 3. The van der Waals surface area contributed by atoms with Gasteiger partial charge in [-0.15, -0.1) is 0 Å². The fourth-order valence-corrected chi connectivity index (χ4v) is 3.75. The molecule has 3 N–H and O–H groups in total. The highest BCUT2D eigenvalue weighted by atomic mass is 32.2. The molecule has 38 heavy (non-hydrogen) atoms. The summed E-state index contributed by atoms with van der Waals surface area (Å²) < 4.78 is 55.3. The summed E-state index contributed by atoms with van der Waals surface area (Å²) >= 11 is 1.35. The van der Waals surface area contributed by atoms with E-state index < -0.39 is 24.2 Å². The van der Waals surface area contributed by atoms with Crippen molar-refractivity contribution in [3.63, 3.8) is 0 Å². The molecule has 0 aromatic heterocycles. The Kier molecular flexibility index (Phi) is 9.23. The van der Waals surface area contributed by atoms with Crippen LogP contribution in [0.3, 0.4) is 0 Å². The van der Waals surface area contributed by atoms with Crippen molar-refractivity contribution in [2.75, 3.05) is 16.4 Å². The Morgan fingerprint density at radius 2 is 1.95 bits per heavy atom. The quantitative estimate of drug-likeness (QED) is 0.254. The lowest BCUT2D eigenvalue weighted by Gasteiger charge is -2.17. The van der Waals surface area contributed by atoms with Crippen molar-refractivity contribution >= 4 is 52.8 Å². The maximum Gasteiger partial charge on any atom is 0.461 e. The molecule has 0 fully saturated rings. The van der Waals surface area contributed by atoms with Crippen LogP contribution in [0, 0.1) is 6.92 Å². The molecule has 0 saturated carbocycles. The van der Waals surface area contributed by atoms with Gasteiger partial charge in [0.15, 0.2) is 5.17 Å². The van der Waals surface area contributed by atoms with Gasteiger partial charge >= 0.3 is 12.5 Å². The summed E-state index contributed by atoms with van der Waals surface area (Å²) in [6, 6.07) is 9.42. The molecule has 0 bridgehead atoms. The molecule has 2 aromatic rings. The van der Waals surface area contributed by atoms with Crippen molar-refractivity contribution in [3.05, 3.63) is 65.5 Å². The minimum Gasteiger partial charge on any atom is -0.428 e. The molecule has 0 aliphatic carbocycles. The largest absolute Gasteiger partial charge is 0.461 e. The van der Waals surface area contributed by atoms with E-state index in [1.807, 2.05) is 0 Å². The second kappa shape index (κ2) is 12.4. The highest BCUT2D eigenvalue weighted by Gasteiger charge is 2.44. The van der Waals surface area contributed by atoms with Crippen LogP contribution in [0.4, 0.5) is 28.9 Å². The van der Waals surface area contributed by atoms with Gasteiger partial charge in [-0.2, -0.15) is 17.6 Å². The number of aryl methyl sites for hydroxylation is 1. The van der Waals surface area contributed by atoms with Gasteiger partial charge in [0, 0.05) is 29.6 Å². The van der Waals surface area contributed by atoms with E-state index in [1.54, 1.807) is 25.1 Å². The maximum atomic E-state index is 13.2. The number of rotatable bonds is 7. The summed E-state index contributed by atoms with van der Waals surface area (Å²) in [6.45, 7) is 6.67. The third-order valence-electron chi connectivity index (χ3n) is 4.72. The first kappa shape index (κ1) is 28.4. The van der Waals surface area contributed by atoms with Crippen molar-refractivity contribution in [2.24, 2.45) is 15.0 Å². The predicted molar refractivity (Wildman–Crippen MR) is 140 cm³/mol. The van der Waals surface area contributed by atoms with E-state index in [4.69, 9.17) is 0 Å². The maximum absolute atomic E-state index is 13.2. The predicted octanol–water partition coefficient (Wildman–Crippen LogP) is 5.03. The van der Waals surface area contributed by atoms with E-state index in [0.717, 1.165) is 17.7 Å². The number of amidine groups is 1. The van der Waals surface area contributed by atoms with Crippen molar-refractivity contribution in [1.29, 1.82) is 0 Å². The van der Waals surface area contributed by atoms with Gasteiger partial charge in [-0.25, -0.2) is 15.0 Å². The number of carbonyl (C=O) groups excluding carboxylic acids is 2. The van der Waals surface area contributed by atoms with Crippen molar-refractivity contribution in [3.8, 4) is 5.75 Å². The number of thioether (sulfide) groups is 1. The molecule has 3 rings (SSSR count). The zero-order chi connectivity index (χ0) is 27.9. The summed E-state index contributed by atoms with van der Waals surface area (Å²) in [5.74, 6) is -0.848. The highest BCUT2D eigenvalue weighted by Crippen LogP contribution is 2.28. The molecule has 2 aromatic carbocycles. The molecule has 9 nitrogen and oxygen atoms in total. The van der Waals surface area contributed by atoms with Crippen LogP contribution in [-0.4, -0.2) is 47.9 Å². The van der Waals surface area contributed by atoms with E-state index in [9.17, 15) is 27.2 Å². The summed E-state index contributed by atoms with van der Waals surface area (Å²) in [7, 11) is 0. The molecule has 1 aliphatic heterocycles. The summed E-state index contributed by atoms with van der Waals surface area (Å²) in [5, 5.41) is 8.66. The van der Waals surface area contributed by atoms with Crippen LogP contribution in [-0.2, 0) is 4.79 Å². The number of benzene rings is 2. The standard InChI is InChI=1S/C24H22F4N6O3S/c1-13-7-8-16(32-20(36)15-5-4-6-18(9-15)37-24(27,28)21(25)26)10-19(13)34-22(29-3)30-11-17-12-38-23(33-17)31-14(2)35/h4-11,21H,3,12H2,1-2H3,(H,30,34)(H,32,36)(H,31,33,35)/b17-11+. The molecule has 1 heterocycles. The van der Waals surface area contributed by atoms with Gasteiger partial charge in [-0.05, 0) is 49.5 Å². The molecule has 0 radical (unpaired) electrons. The fraction of sp³-hybridized carbons (Fsp3) is 0.208. The normalized spacial score (nSPS) is 14.8. The number of hydrogen-bond acceptors (Lipinski definition) is 6. The number of halogens is 4. The van der Waals surface area contributed by atoms with Crippen LogP contribution in [0.2, 0.25) is 0 Å². The Bertz CT molecular complexity index is 1330. The first-order chi connectivity index (χ1) is 18.0. The zero-order valence-electron chi connectivity index (χ0n) is 20.1. The molecule has 200 valence electrons. The average Bonchev–Trinajstić information content (AvgIpc) is 3.29. The summed E-state index contributed by atoms with van der Waals surface area (Å²) in [5.41, 5.74) is 2.17. The lowest BCUT2D eigenvalue weighted by atomic mass is 10.1. The molecule has 0 atom stereocenters. The molecule has 2 amide bonds. The van der Waals surface area contributed by atoms with E-state index in [1.165, 1.54) is 37.0 Å². The van der Waals surface area contributed by atoms with Crippen molar-refractivity contribution in [1.82, 2.24) is 5.32 Å². The SMILES string of the molecule is C=N/C(=N\C=C1/CSC(NC(C)=O)=N1)Nc1cc(NC(=O)c2cccc(OC(F)(F)C(F)F)c2)ccc1C. The Morgan fingerprint density at radius 1 is 1.18 bits per heavy atom. The fourth-order valence-electron chi connectivity index (χ4n) is 2.93. The molecule has 1 aliphatic rings. The molecular weight excluding hydrogens is 528 g/mol. The van der Waals surface area contributed by atoms with Crippen LogP contribution >= 0.6 is 11.8 Å². The third-order valence-corrected chi connectivity index (χ3v) is 5.62. The van der Waals surface area contributed by atoms with Gasteiger partial charge < -0.3 is 20.7 Å². The topological polar surface area (TPSA) is 117 Å². The number of guanidine groups is 1. The molecule has 14 heteroatoms. The Morgan fingerprint density at radius 3 is 2.63 bits per heavy atom. The monoisotopic (exact) mass is 550 g/mol. The zero-order valence-corrected chi connectivity index (χ0v) is 20.9. The van der Waals surface area contributed by atoms with Gasteiger partial charge in [-0.3, -0.25) is 9.59 Å². The minimum atomic E-state index is -4.70. The summed E-state index contributed by atoms with van der Waals surface area (Å²) in [6.07, 6.45) is -7.25. The lowest BCUT2D eigenvalue weighted by Crippen LogP contribution is -2.33. The number of amides is 2. The van der Waals surface area contributed by atoms with Crippen LogP contribution in [0.15, 0.2) is 69.3 Å². The van der Waals surface area contributed by atoms with Gasteiger partial charge in [0.2, 0.25) is 11.9 Å². The third kappa shape index (κ3) is 7.90. The van der Waals surface area contributed by atoms with Gasteiger partial charge in [0.25, 0.3) is 5.91 Å². The Balaban J connectivity index is 1.72. The number of alkyl halides is 4. The first-order valence-electron chi connectivity index (χ1n) is 10.8. The number of nitrogens with one attached hydrogen (secondary N) is 3. The number of nitrogens with zero attached hydrogens (tertiary/aromatic N) is 3. The number of anilines is 2. The molecule has 0 saturated heterocycles. The van der Waals surface area contributed by atoms with E-state index >= 15 is 0 Å². The smallest absolute Gasteiger partial charge is 0.428 e. The average molecular weight is 551 g/mol. The second-order valence-electron chi connectivity index (χ2n) is 7.72. The molecule has 0 spiro atoms. The Labute approximate surface area is 219 Å².